The highest BCUT2D eigenvalue weighted by molar-refractivity contribution is 5.79. The first-order valence-electron chi connectivity index (χ1n) is 10.5. The Balaban J connectivity index is 2.13. The Hall–Kier alpha value is -2.32. The summed E-state index contributed by atoms with van der Waals surface area (Å²) in [6, 6.07) is 2.77. The number of halogens is 3. The smallest absolute Gasteiger partial charge is 0.366 e. The Morgan fingerprint density at radius 3 is 2.43 bits per heavy atom. The number of anilines is 1. The predicted octanol–water partition coefficient (Wildman–Crippen LogP) is 5.26. The highest BCUT2D eigenvalue weighted by Crippen LogP contribution is 2.38. The van der Waals surface area contributed by atoms with Crippen LogP contribution in [0.1, 0.15) is 58.4 Å². The van der Waals surface area contributed by atoms with Crippen LogP contribution in [0.2, 0.25) is 0 Å². The number of unbranched alkanes of at least 4 members (excludes halogenated alkanes) is 1. The molecule has 1 saturated heterocycles. The zero-order chi connectivity index (χ0) is 22.5. The Kier molecular flexibility index (Phi) is 8.09. The summed E-state index contributed by atoms with van der Waals surface area (Å²) in [5.41, 5.74) is -1.43. The monoisotopic (exact) mass is 429 g/mol. The SMILES string of the molecule is CCCCN(C(=O)C1CCN(c2ccc(C(F)(F)F)cc2[N+](=O)[O-])CC1)C(C)CC. The van der Waals surface area contributed by atoms with Crippen LogP contribution in [0.3, 0.4) is 0 Å². The van der Waals surface area contributed by atoms with Gasteiger partial charge in [-0.1, -0.05) is 20.3 Å². The van der Waals surface area contributed by atoms with Gasteiger partial charge in [-0.3, -0.25) is 14.9 Å². The van der Waals surface area contributed by atoms with Crippen LogP contribution >= 0.6 is 0 Å². The van der Waals surface area contributed by atoms with Crippen molar-refractivity contribution in [2.75, 3.05) is 24.5 Å². The Bertz CT molecular complexity index is 747. The minimum absolute atomic E-state index is 0.111. The topological polar surface area (TPSA) is 66.7 Å². The summed E-state index contributed by atoms with van der Waals surface area (Å²) in [6.45, 7) is 7.66. The molecule has 9 heteroatoms. The number of piperidine rings is 1. The number of benzene rings is 1. The number of hydrogen-bond acceptors (Lipinski definition) is 4. The lowest BCUT2D eigenvalue weighted by Crippen LogP contribution is -2.46. The van der Waals surface area contributed by atoms with Crippen LogP contribution in [0.5, 0.6) is 0 Å². The minimum Gasteiger partial charge on any atom is -0.366 e. The largest absolute Gasteiger partial charge is 0.416 e. The van der Waals surface area contributed by atoms with Crippen molar-refractivity contribution in [3.05, 3.63) is 33.9 Å². The van der Waals surface area contributed by atoms with E-state index in [4.69, 9.17) is 0 Å². The van der Waals surface area contributed by atoms with E-state index in [-0.39, 0.29) is 23.6 Å². The molecule has 0 radical (unpaired) electrons. The van der Waals surface area contributed by atoms with E-state index in [1.165, 1.54) is 0 Å². The summed E-state index contributed by atoms with van der Waals surface area (Å²) in [6.07, 6.45) is -0.790. The predicted molar refractivity (Wildman–Crippen MR) is 109 cm³/mol. The maximum absolute atomic E-state index is 13.1. The molecule has 1 aliphatic rings. The molecule has 30 heavy (non-hydrogen) atoms. The van der Waals surface area contributed by atoms with Gasteiger partial charge in [0.2, 0.25) is 5.91 Å². The van der Waals surface area contributed by atoms with Crippen molar-refractivity contribution < 1.29 is 22.9 Å². The van der Waals surface area contributed by atoms with Gasteiger partial charge in [0.05, 0.1) is 10.5 Å². The van der Waals surface area contributed by atoms with Gasteiger partial charge in [-0.05, 0) is 44.7 Å². The molecule has 6 nitrogen and oxygen atoms in total. The number of hydrogen-bond donors (Lipinski definition) is 0. The number of alkyl halides is 3. The zero-order valence-corrected chi connectivity index (χ0v) is 17.7. The molecule has 0 bridgehead atoms. The molecular formula is C21H30F3N3O3. The molecule has 1 aromatic carbocycles. The van der Waals surface area contributed by atoms with Gasteiger partial charge in [-0.2, -0.15) is 13.2 Å². The van der Waals surface area contributed by atoms with Crippen LogP contribution in [0.15, 0.2) is 18.2 Å². The average Bonchev–Trinajstić information content (AvgIpc) is 2.72. The number of carbonyl (C=O) groups is 1. The molecule has 0 saturated carbocycles. The van der Waals surface area contributed by atoms with Gasteiger partial charge in [0.25, 0.3) is 5.69 Å². The van der Waals surface area contributed by atoms with Crippen LogP contribution < -0.4 is 4.90 Å². The van der Waals surface area contributed by atoms with Crippen molar-refractivity contribution in [2.24, 2.45) is 5.92 Å². The van der Waals surface area contributed by atoms with E-state index < -0.39 is 22.4 Å². The molecule has 0 N–H and O–H groups in total. The molecule has 168 valence electrons. The van der Waals surface area contributed by atoms with Crippen LogP contribution in [-0.4, -0.2) is 41.4 Å². The normalized spacial score (nSPS) is 16.4. The van der Waals surface area contributed by atoms with E-state index in [2.05, 4.69) is 6.92 Å². The summed E-state index contributed by atoms with van der Waals surface area (Å²) in [4.78, 5) is 27.3. The van der Waals surface area contributed by atoms with E-state index in [0.29, 0.717) is 32.0 Å². The first-order valence-corrected chi connectivity index (χ1v) is 10.5. The number of nitro groups is 1. The van der Waals surface area contributed by atoms with E-state index >= 15 is 0 Å². The summed E-state index contributed by atoms with van der Waals surface area (Å²) in [7, 11) is 0. The van der Waals surface area contributed by atoms with Crippen molar-refractivity contribution in [3.8, 4) is 0 Å². The Labute approximate surface area is 175 Å². The van der Waals surface area contributed by atoms with Gasteiger partial charge < -0.3 is 9.80 Å². The van der Waals surface area contributed by atoms with Gasteiger partial charge in [0, 0.05) is 37.7 Å². The fourth-order valence-electron chi connectivity index (χ4n) is 3.81. The fourth-order valence-corrected chi connectivity index (χ4v) is 3.81. The summed E-state index contributed by atoms with van der Waals surface area (Å²) < 4.78 is 38.8. The molecule has 0 aliphatic carbocycles. The number of nitro benzene ring substituents is 1. The van der Waals surface area contributed by atoms with Crippen molar-refractivity contribution in [3.63, 3.8) is 0 Å². The third kappa shape index (κ3) is 5.64. The van der Waals surface area contributed by atoms with Crippen LogP contribution in [0.25, 0.3) is 0 Å². The molecule has 1 aromatic rings. The van der Waals surface area contributed by atoms with Crippen molar-refractivity contribution in [1.29, 1.82) is 0 Å². The third-order valence-corrected chi connectivity index (χ3v) is 5.84. The van der Waals surface area contributed by atoms with Crippen molar-refractivity contribution in [1.82, 2.24) is 4.90 Å². The van der Waals surface area contributed by atoms with Gasteiger partial charge in [-0.15, -0.1) is 0 Å². The highest BCUT2D eigenvalue weighted by atomic mass is 19.4. The number of amides is 1. The molecule has 1 heterocycles. The molecule has 1 amide bonds. The van der Waals surface area contributed by atoms with Gasteiger partial charge in [-0.25, -0.2) is 0 Å². The lowest BCUT2D eigenvalue weighted by molar-refractivity contribution is -0.384. The quantitative estimate of drug-likeness (QED) is 0.418. The maximum atomic E-state index is 13.1. The number of carbonyl (C=O) groups excluding carboxylic acids is 1. The van der Waals surface area contributed by atoms with Crippen molar-refractivity contribution >= 4 is 17.3 Å². The molecule has 1 unspecified atom stereocenters. The second-order valence-electron chi connectivity index (χ2n) is 7.86. The average molecular weight is 429 g/mol. The van der Waals surface area contributed by atoms with E-state index in [1.807, 2.05) is 18.7 Å². The first kappa shape index (κ1) is 24.0. The molecule has 1 atom stereocenters. The lowest BCUT2D eigenvalue weighted by atomic mass is 9.93. The summed E-state index contributed by atoms with van der Waals surface area (Å²) in [5.74, 6) is -0.0556. The van der Waals surface area contributed by atoms with Gasteiger partial charge >= 0.3 is 6.18 Å². The molecular weight excluding hydrogens is 399 g/mol. The van der Waals surface area contributed by atoms with Crippen molar-refractivity contribution in [2.45, 2.75) is 65.1 Å². The van der Waals surface area contributed by atoms with Crippen LogP contribution in [0.4, 0.5) is 24.5 Å². The molecule has 1 aliphatic heterocycles. The molecule has 1 fully saturated rings. The third-order valence-electron chi connectivity index (χ3n) is 5.84. The summed E-state index contributed by atoms with van der Waals surface area (Å²) >= 11 is 0. The molecule has 2 rings (SSSR count). The fraction of sp³-hybridized carbons (Fsp3) is 0.667. The highest BCUT2D eigenvalue weighted by Gasteiger charge is 2.35. The summed E-state index contributed by atoms with van der Waals surface area (Å²) in [5, 5.41) is 11.4. The molecule has 0 aromatic heterocycles. The number of rotatable bonds is 8. The van der Waals surface area contributed by atoms with Crippen LogP contribution in [-0.2, 0) is 11.0 Å². The minimum atomic E-state index is -4.64. The second-order valence-corrected chi connectivity index (χ2v) is 7.86. The van der Waals surface area contributed by atoms with Gasteiger partial charge in [0.1, 0.15) is 5.69 Å². The maximum Gasteiger partial charge on any atom is 0.416 e. The molecule has 0 spiro atoms. The standard InChI is InChI=1S/C21H30F3N3O3/c1-4-6-11-26(15(3)5-2)20(28)16-9-12-25(13-10-16)18-8-7-17(21(22,23)24)14-19(18)27(29)30/h7-8,14-16H,4-6,9-13H2,1-3H3. The number of nitrogens with zero attached hydrogens (tertiary/aromatic N) is 3. The Morgan fingerprint density at radius 1 is 1.30 bits per heavy atom. The Morgan fingerprint density at radius 2 is 1.93 bits per heavy atom. The van der Waals surface area contributed by atoms with Gasteiger partial charge in [0.15, 0.2) is 0 Å². The lowest BCUT2D eigenvalue weighted by Gasteiger charge is -2.37. The first-order chi connectivity index (χ1) is 14.1. The zero-order valence-electron chi connectivity index (χ0n) is 17.7. The van der Waals surface area contributed by atoms with Crippen LogP contribution in [0, 0.1) is 16.0 Å². The van der Waals surface area contributed by atoms with E-state index in [1.54, 1.807) is 4.90 Å². The van der Waals surface area contributed by atoms with E-state index in [0.717, 1.165) is 37.9 Å². The second kappa shape index (κ2) is 10.1. The van der Waals surface area contributed by atoms with E-state index in [9.17, 15) is 28.1 Å².